The lowest BCUT2D eigenvalue weighted by atomic mass is 9.75. The first-order valence-electron chi connectivity index (χ1n) is 14.4. The second-order valence-corrected chi connectivity index (χ2v) is 12.1. The van der Waals surface area contributed by atoms with Crippen LogP contribution >= 0.6 is 0 Å². The largest absolute Gasteiger partial charge is 0.256 e. The molecular formula is C37H39N. The fraction of sp³-hybridized carbons (Fsp3) is 0.324. The van der Waals surface area contributed by atoms with E-state index in [2.05, 4.69) is 113 Å². The minimum absolute atomic E-state index is 0.0974. The van der Waals surface area contributed by atoms with Crippen LogP contribution in [0, 0.1) is 0 Å². The molecule has 6 rings (SSSR count). The van der Waals surface area contributed by atoms with Gasteiger partial charge in [0, 0.05) is 17.2 Å². The fourth-order valence-electron chi connectivity index (χ4n) is 6.72. The van der Waals surface area contributed by atoms with Crippen LogP contribution in [0.4, 0.5) is 0 Å². The van der Waals surface area contributed by atoms with Crippen molar-refractivity contribution >= 4 is 11.6 Å². The lowest BCUT2D eigenvalue weighted by Crippen LogP contribution is -2.18. The molecule has 3 aromatic carbocycles. The summed E-state index contributed by atoms with van der Waals surface area (Å²) in [6, 6.07) is 29.6. The summed E-state index contributed by atoms with van der Waals surface area (Å²) in [5, 5.41) is 0. The van der Waals surface area contributed by atoms with Crippen molar-refractivity contribution in [3.05, 3.63) is 113 Å². The van der Waals surface area contributed by atoms with E-state index in [9.17, 15) is 0 Å². The van der Waals surface area contributed by atoms with Gasteiger partial charge in [0.2, 0.25) is 0 Å². The molecule has 2 aliphatic carbocycles. The standard InChI is InChI=1S/C37H39N/c1-25(2)30-19-20-38-35(24-30)31-21-32-23-34(29-13-9-6-10-14-29)37(3,4)36(32)33(22-31)28-17-15-27(16-18-28)26-11-7-5-8-12-26/h6,9-10,13-26H,5,7-8,11-12H2,1-4H3. The average molecular weight is 498 g/mol. The summed E-state index contributed by atoms with van der Waals surface area (Å²) in [6.07, 6.45) is 11.2. The maximum atomic E-state index is 4.82. The van der Waals surface area contributed by atoms with Crippen LogP contribution in [0.2, 0.25) is 0 Å². The van der Waals surface area contributed by atoms with Crippen LogP contribution in [0.15, 0.2) is 85.1 Å². The van der Waals surface area contributed by atoms with Crippen molar-refractivity contribution in [1.29, 1.82) is 0 Å². The Hall–Kier alpha value is -3.45. The van der Waals surface area contributed by atoms with E-state index in [4.69, 9.17) is 4.98 Å². The third-order valence-electron chi connectivity index (χ3n) is 8.90. The number of rotatable bonds is 5. The molecule has 0 spiro atoms. The van der Waals surface area contributed by atoms with Crippen LogP contribution < -0.4 is 0 Å². The summed E-state index contributed by atoms with van der Waals surface area (Å²) in [5.74, 6) is 1.20. The second kappa shape index (κ2) is 10.0. The molecule has 1 nitrogen and oxygen atoms in total. The smallest absolute Gasteiger partial charge is 0.0705 e. The first kappa shape index (κ1) is 24.9. The van der Waals surface area contributed by atoms with E-state index in [0.717, 1.165) is 11.6 Å². The average Bonchev–Trinajstić information content (AvgIpc) is 3.24. The van der Waals surface area contributed by atoms with Gasteiger partial charge in [-0.05, 0) is 99.5 Å². The zero-order valence-corrected chi connectivity index (χ0v) is 23.3. The summed E-state index contributed by atoms with van der Waals surface area (Å²) in [4.78, 5) is 4.82. The van der Waals surface area contributed by atoms with E-state index in [-0.39, 0.29) is 5.41 Å². The molecule has 1 fully saturated rings. The maximum absolute atomic E-state index is 4.82. The van der Waals surface area contributed by atoms with Gasteiger partial charge in [0.15, 0.2) is 0 Å². The van der Waals surface area contributed by atoms with Gasteiger partial charge in [-0.2, -0.15) is 0 Å². The van der Waals surface area contributed by atoms with Gasteiger partial charge in [0.1, 0.15) is 0 Å². The van der Waals surface area contributed by atoms with E-state index in [1.54, 1.807) is 0 Å². The molecule has 2 aliphatic rings. The number of hydrogen-bond donors (Lipinski definition) is 0. The molecular weight excluding hydrogens is 458 g/mol. The van der Waals surface area contributed by atoms with E-state index >= 15 is 0 Å². The molecule has 1 aromatic heterocycles. The van der Waals surface area contributed by atoms with Gasteiger partial charge in [0.25, 0.3) is 0 Å². The van der Waals surface area contributed by atoms with Crippen LogP contribution in [0.25, 0.3) is 34.0 Å². The van der Waals surface area contributed by atoms with Gasteiger partial charge in [-0.3, -0.25) is 4.98 Å². The zero-order chi connectivity index (χ0) is 26.3. The quantitative estimate of drug-likeness (QED) is 0.267. The van der Waals surface area contributed by atoms with Gasteiger partial charge in [-0.15, -0.1) is 0 Å². The molecule has 4 aromatic rings. The zero-order valence-electron chi connectivity index (χ0n) is 23.3. The molecule has 0 unspecified atom stereocenters. The first-order valence-corrected chi connectivity index (χ1v) is 14.4. The van der Waals surface area contributed by atoms with Crippen LogP contribution in [-0.2, 0) is 5.41 Å². The van der Waals surface area contributed by atoms with Crippen LogP contribution in [0.3, 0.4) is 0 Å². The Labute approximate surface area is 228 Å². The Morgan fingerprint density at radius 3 is 2.21 bits per heavy atom. The van der Waals surface area contributed by atoms with E-state index in [1.165, 1.54) is 82.2 Å². The van der Waals surface area contributed by atoms with Gasteiger partial charge in [0.05, 0.1) is 5.69 Å². The fourth-order valence-corrected chi connectivity index (χ4v) is 6.72. The predicted molar refractivity (Wildman–Crippen MR) is 162 cm³/mol. The molecule has 0 bridgehead atoms. The second-order valence-electron chi connectivity index (χ2n) is 12.1. The Morgan fingerprint density at radius 1 is 0.763 bits per heavy atom. The highest BCUT2D eigenvalue weighted by Gasteiger charge is 2.36. The van der Waals surface area contributed by atoms with Gasteiger partial charge < -0.3 is 0 Å². The van der Waals surface area contributed by atoms with E-state index < -0.39 is 0 Å². The molecule has 1 saturated carbocycles. The highest BCUT2D eigenvalue weighted by atomic mass is 14.7. The van der Waals surface area contributed by atoms with Gasteiger partial charge in [-0.1, -0.05) is 102 Å². The summed E-state index contributed by atoms with van der Waals surface area (Å²) < 4.78 is 0. The summed E-state index contributed by atoms with van der Waals surface area (Å²) >= 11 is 0. The van der Waals surface area contributed by atoms with Gasteiger partial charge in [-0.25, -0.2) is 0 Å². The van der Waals surface area contributed by atoms with Crippen molar-refractivity contribution in [2.75, 3.05) is 0 Å². The number of allylic oxidation sites excluding steroid dienone is 1. The van der Waals surface area contributed by atoms with Gasteiger partial charge >= 0.3 is 0 Å². The minimum atomic E-state index is -0.0974. The molecule has 192 valence electrons. The number of hydrogen-bond acceptors (Lipinski definition) is 1. The third kappa shape index (κ3) is 4.53. The third-order valence-corrected chi connectivity index (χ3v) is 8.90. The van der Waals surface area contributed by atoms with Crippen LogP contribution in [0.1, 0.15) is 99.5 Å². The van der Waals surface area contributed by atoms with Crippen molar-refractivity contribution in [2.45, 2.75) is 77.0 Å². The lowest BCUT2D eigenvalue weighted by molar-refractivity contribution is 0.443. The van der Waals surface area contributed by atoms with Crippen molar-refractivity contribution in [3.8, 4) is 22.4 Å². The van der Waals surface area contributed by atoms with Crippen LogP contribution in [-0.4, -0.2) is 4.98 Å². The highest BCUT2D eigenvalue weighted by molar-refractivity contribution is 5.98. The summed E-state index contributed by atoms with van der Waals surface area (Å²) in [6.45, 7) is 9.26. The van der Waals surface area contributed by atoms with Crippen molar-refractivity contribution in [1.82, 2.24) is 4.98 Å². The minimum Gasteiger partial charge on any atom is -0.256 e. The van der Waals surface area contributed by atoms with Crippen molar-refractivity contribution in [2.24, 2.45) is 0 Å². The highest BCUT2D eigenvalue weighted by Crippen LogP contribution is 2.51. The van der Waals surface area contributed by atoms with E-state index in [0.29, 0.717) is 5.92 Å². The normalized spacial score (nSPS) is 16.9. The summed E-state index contributed by atoms with van der Waals surface area (Å²) in [5.41, 5.74) is 13.0. The Bertz CT molecular complexity index is 1470. The first-order chi connectivity index (χ1) is 18.4. The predicted octanol–water partition coefficient (Wildman–Crippen LogP) is 10.4. The number of aromatic nitrogens is 1. The summed E-state index contributed by atoms with van der Waals surface area (Å²) in [7, 11) is 0. The molecule has 0 radical (unpaired) electrons. The van der Waals surface area contributed by atoms with Crippen molar-refractivity contribution in [3.63, 3.8) is 0 Å². The topological polar surface area (TPSA) is 12.9 Å². The molecule has 0 amide bonds. The maximum Gasteiger partial charge on any atom is 0.0705 e. The molecule has 1 heterocycles. The Balaban J connectivity index is 1.50. The van der Waals surface area contributed by atoms with E-state index in [1.807, 2.05) is 6.20 Å². The number of fused-ring (bicyclic) bond motifs is 1. The number of pyridine rings is 1. The molecule has 1 heteroatoms. The molecule has 0 saturated heterocycles. The van der Waals surface area contributed by atoms with Crippen LogP contribution in [0.5, 0.6) is 0 Å². The molecule has 0 atom stereocenters. The number of benzene rings is 3. The monoisotopic (exact) mass is 497 g/mol. The lowest BCUT2D eigenvalue weighted by Gasteiger charge is -2.28. The number of nitrogens with zero attached hydrogens (tertiary/aromatic N) is 1. The Kier molecular flexibility index (Phi) is 6.56. The Morgan fingerprint density at radius 2 is 1.50 bits per heavy atom. The SMILES string of the molecule is CC(C)c1ccnc(-c2cc3c(c(-c4ccc(C5CCCCC5)cc4)c2)C(C)(C)C(c2ccccc2)=C3)c1. The molecule has 38 heavy (non-hydrogen) atoms. The van der Waals surface area contributed by atoms with Crippen molar-refractivity contribution < 1.29 is 0 Å². The molecule has 0 aliphatic heterocycles. The molecule has 0 N–H and O–H groups in total.